The van der Waals surface area contributed by atoms with E-state index in [9.17, 15) is 5.21 Å². The Bertz CT molecular complexity index is 597. The number of oxime groups is 1. The molecule has 0 heterocycles. The zero-order chi connectivity index (χ0) is 14.5. The first-order chi connectivity index (χ1) is 9.61. The van der Waals surface area contributed by atoms with E-state index in [1.807, 2.05) is 30.3 Å². The third kappa shape index (κ3) is 3.50. The van der Waals surface area contributed by atoms with Gasteiger partial charge in [0.15, 0.2) is 0 Å². The molecule has 0 aromatic heterocycles. The average molecular weight is 332 g/mol. The summed E-state index contributed by atoms with van der Waals surface area (Å²) in [6, 6.07) is 14.3. The van der Waals surface area contributed by atoms with Crippen molar-refractivity contribution in [3.63, 3.8) is 0 Å². The third-order valence-electron chi connectivity index (χ3n) is 3.19. The topological polar surface area (TPSA) is 32.6 Å². The number of aryl methyl sites for hydroxylation is 3. The first kappa shape index (κ1) is 14.8. The molecule has 0 amide bonds. The molecule has 0 aliphatic rings. The van der Waals surface area contributed by atoms with Crippen LogP contribution in [0.25, 0.3) is 0 Å². The minimum absolute atomic E-state index is 0.277. The fourth-order valence-electron chi connectivity index (χ4n) is 2.34. The molecule has 0 saturated heterocycles. The number of hydrogen-bond donors (Lipinski definition) is 1. The molecule has 104 valence electrons. The molecular weight excluding hydrogens is 313 g/mol. The molecule has 0 unspecified atom stereocenters. The van der Waals surface area contributed by atoms with Crippen molar-refractivity contribution in [2.24, 2.45) is 5.16 Å². The summed E-state index contributed by atoms with van der Waals surface area (Å²) >= 11 is 0.277. The molecule has 0 spiro atoms. The van der Waals surface area contributed by atoms with Crippen molar-refractivity contribution < 1.29 is 5.21 Å². The maximum absolute atomic E-state index is 9.24. The first-order valence-corrected chi connectivity index (χ1v) is 8.65. The van der Waals surface area contributed by atoms with Crippen molar-refractivity contribution in [3.8, 4) is 0 Å². The van der Waals surface area contributed by atoms with Gasteiger partial charge < -0.3 is 0 Å². The summed E-state index contributed by atoms with van der Waals surface area (Å²) in [5.41, 5.74) is 5.75. The van der Waals surface area contributed by atoms with Gasteiger partial charge in [-0.1, -0.05) is 0 Å². The Morgan fingerprint density at radius 1 is 1.05 bits per heavy atom. The number of benzene rings is 2. The number of hydrogen-bond acceptors (Lipinski definition) is 2. The van der Waals surface area contributed by atoms with Crippen LogP contribution in [0.5, 0.6) is 0 Å². The Balaban J connectivity index is 2.16. The van der Waals surface area contributed by atoms with Crippen molar-refractivity contribution in [1.29, 1.82) is 0 Å². The molecular formula is C17H19NOSe. The van der Waals surface area contributed by atoms with E-state index in [0.717, 1.165) is 16.6 Å². The van der Waals surface area contributed by atoms with E-state index < -0.39 is 0 Å². The van der Waals surface area contributed by atoms with Crippen LogP contribution in [-0.4, -0.2) is 25.9 Å². The van der Waals surface area contributed by atoms with Gasteiger partial charge in [0, 0.05) is 0 Å². The van der Waals surface area contributed by atoms with E-state index in [1.165, 1.54) is 21.2 Å². The van der Waals surface area contributed by atoms with E-state index in [-0.39, 0.29) is 15.0 Å². The molecule has 0 aliphatic carbocycles. The molecule has 2 aromatic carbocycles. The second-order valence-electron chi connectivity index (χ2n) is 4.93. The summed E-state index contributed by atoms with van der Waals surface area (Å²) in [5.74, 6) is 0. The minimum atomic E-state index is 0.277. The number of rotatable bonds is 4. The Labute approximate surface area is 126 Å². The van der Waals surface area contributed by atoms with Crippen molar-refractivity contribution >= 4 is 25.1 Å². The third-order valence-corrected chi connectivity index (χ3v) is 6.02. The zero-order valence-electron chi connectivity index (χ0n) is 12.1. The molecule has 0 saturated carbocycles. The van der Waals surface area contributed by atoms with Gasteiger partial charge in [-0.15, -0.1) is 0 Å². The van der Waals surface area contributed by atoms with Crippen LogP contribution in [0.2, 0.25) is 5.32 Å². The Hall–Kier alpha value is -1.57. The monoisotopic (exact) mass is 333 g/mol. The van der Waals surface area contributed by atoms with Crippen LogP contribution in [0.3, 0.4) is 0 Å². The Morgan fingerprint density at radius 2 is 1.65 bits per heavy atom. The summed E-state index contributed by atoms with van der Waals surface area (Å²) in [7, 11) is 0. The fraction of sp³-hybridized carbons (Fsp3) is 0.235. The van der Waals surface area contributed by atoms with Crippen LogP contribution >= 0.6 is 0 Å². The van der Waals surface area contributed by atoms with Crippen LogP contribution in [0.15, 0.2) is 47.6 Å². The molecule has 2 rings (SSSR count). The van der Waals surface area contributed by atoms with Gasteiger partial charge in [-0.2, -0.15) is 0 Å². The predicted molar refractivity (Wildman–Crippen MR) is 85.6 cm³/mol. The standard InChI is InChI=1S/C17H19NOSe/c1-12-9-13(2)17(14(3)10-12)20-11-16(18-19)15-7-5-4-6-8-15/h4-10,19H,11H2,1-3H3/b18-16+. The van der Waals surface area contributed by atoms with Gasteiger partial charge >= 0.3 is 126 Å². The second-order valence-corrected chi connectivity index (χ2v) is 7.00. The summed E-state index contributed by atoms with van der Waals surface area (Å²) in [5, 5.41) is 13.5. The van der Waals surface area contributed by atoms with E-state index in [2.05, 4.69) is 38.1 Å². The summed E-state index contributed by atoms with van der Waals surface area (Å²) < 4.78 is 1.42. The molecule has 0 aliphatic heterocycles. The van der Waals surface area contributed by atoms with Crippen LogP contribution in [0, 0.1) is 20.8 Å². The van der Waals surface area contributed by atoms with Crippen LogP contribution in [0.4, 0.5) is 0 Å². The van der Waals surface area contributed by atoms with Crippen molar-refractivity contribution in [2.75, 3.05) is 0 Å². The molecule has 20 heavy (non-hydrogen) atoms. The molecule has 0 atom stereocenters. The van der Waals surface area contributed by atoms with Crippen LogP contribution < -0.4 is 4.46 Å². The first-order valence-electron chi connectivity index (χ1n) is 6.59. The normalized spacial score (nSPS) is 11.7. The molecule has 0 fully saturated rings. The van der Waals surface area contributed by atoms with Crippen molar-refractivity contribution in [3.05, 3.63) is 64.7 Å². The molecule has 0 bridgehead atoms. The molecule has 2 aromatic rings. The van der Waals surface area contributed by atoms with E-state index >= 15 is 0 Å². The maximum atomic E-state index is 9.24. The molecule has 2 nitrogen and oxygen atoms in total. The second kappa shape index (κ2) is 6.74. The SMILES string of the molecule is Cc1cc(C)c([Se]C/C(=N\O)c2ccccc2)c(C)c1. The molecule has 1 N–H and O–H groups in total. The van der Waals surface area contributed by atoms with Gasteiger partial charge in [-0.3, -0.25) is 0 Å². The Kier molecular flexibility index (Phi) is 4.99. The van der Waals surface area contributed by atoms with Gasteiger partial charge in [0.1, 0.15) is 0 Å². The average Bonchev–Trinajstić information content (AvgIpc) is 2.43. The van der Waals surface area contributed by atoms with Crippen LogP contribution in [-0.2, 0) is 0 Å². The summed E-state index contributed by atoms with van der Waals surface area (Å²) in [6.45, 7) is 6.45. The van der Waals surface area contributed by atoms with E-state index in [4.69, 9.17) is 0 Å². The van der Waals surface area contributed by atoms with Gasteiger partial charge in [-0.25, -0.2) is 0 Å². The van der Waals surface area contributed by atoms with E-state index in [0.29, 0.717) is 0 Å². The zero-order valence-corrected chi connectivity index (χ0v) is 13.8. The predicted octanol–water partition coefficient (Wildman–Crippen LogP) is 3.24. The molecule has 0 radical (unpaired) electrons. The van der Waals surface area contributed by atoms with Gasteiger partial charge in [0.2, 0.25) is 0 Å². The fourth-order valence-corrected chi connectivity index (χ4v) is 4.60. The number of nitrogens with zero attached hydrogens (tertiary/aromatic N) is 1. The quantitative estimate of drug-likeness (QED) is 0.396. The summed E-state index contributed by atoms with van der Waals surface area (Å²) in [4.78, 5) is 0. The van der Waals surface area contributed by atoms with Gasteiger partial charge in [0.25, 0.3) is 0 Å². The summed E-state index contributed by atoms with van der Waals surface area (Å²) in [6.07, 6.45) is 0. The molecule has 3 heteroatoms. The van der Waals surface area contributed by atoms with Crippen LogP contribution in [0.1, 0.15) is 22.3 Å². The Morgan fingerprint density at radius 3 is 2.20 bits per heavy atom. The van der Waals surface area contributed by atoms with Gasteiger partial charge in [0.05, 0.1) is 0 Å². The van der Waals surface area contributed by atoms with Crippen molar-refractivity contribution in [1.82, 2.24) is 0 Å². The van der Waals surface area contributed by atoms with Gasteiger partial charge in [-0.05, 0) is 0 Å². The van der Waals surface area contributed by atoms with Crippen molar-refractivity contribution in [2.45, 2.75) is 26.1 Å². The van der Waals surface area contributed by atoms with E-state index in [1.54, 1.807) is 0 Å².